The van der Waals surface area contributed by atoms with Crippen molar-refractivity contribution >= 4 is 21.6 Å². The zero-order chi connectivity index (χ0) is 21.6. The standard InChI is InChI=1S/C23H24N2O4S/c1-3-29-21-11-7-8-18(14-21)16-24-23(26)19-13-12-17(2)22(15-19)30(27,28)25-20-9-5-4-6-10-20/h4-15,25H,3,16H2,1-2H3,(H,24,26). The van der Waals surface area contributed by atoms with E-state index in [1.54, 1.807) is 49.4 Å². The van der Waals surface area contributed by atoms with E-state index >= 15 is 0 Å². The molecule has 0 saturated heterocycles. The Labute approximate surface area is 177 Å². The summed E-state index contributed by atoms with van der Waals surface area (Å²) in [6.45, 7) is 4.47. The van der Waals surface area contributed by atoms with Crippen LogP contribution in [-0.2, 0) is 16.6 Å². The molecule has 3 aromatic carbocycles. The highest BCUT2D eigenvalue weighted by Gasteiger charge is 2.19. The number of ether oxygens (including phenoxy) is 1. The van der Waals surface area contributed by atoms with Crippen LogP contribution in [0.1, 0.15) is 28.4 Å². The Morgan fingerprint density at radius 2 is 1.73 bits per heavy atom. The minimum Gasteiger partial charge on any atom is -0.494 e. The average Bonchev–Trinajstić information content (AvgIpc) is 2.73. The van der Waals surface area contributed by atoms with Crippen molar-refractivity contribution in [3.8, 4) is 5.75 Å². The van der Waals surface area contributed by atoms with Gasteiger partial charge in [0, 0.05) is 17.8 Å². The Bertz CT molecular complexity index is 1130. The van der Waals surface area contributed by atoms with Crippen LogP contribution in [0.3, 0.4) is 0 Å². The number of anilines is 1. The smallest absolute Gasteiger partial charge is 0.262 e. The van der Waals surface area contributed by atoms with Crippen molar-refractivity contribution in [3.63, 3.8) is 0 Å². The number of hydrogen-bond acceptors (Lipinski definition) is 4. The number of amides is 1. The lowest BCUT2D eigenvalue weighted by Gasteiger charge is -2.12. The molecule has 0 heterocycles. The molecular formula is C23H24N2O4S. The predicted molar refractivity (Wildman–Crippen MR) is 117 cm³/mol. The van der Waals surface area contributed by atoms with E-state index in [0.29, 0.717) is 24.4 Å². The van der Waals surface area contributed by atoms with E-state index in [1.807, 2.05) is 31.2 Å². The third-order valence-electron chi connectivity index (χ3n) is 4.43. The van der Waals surface area contributed by atoms with Gasteiger partial charge in [0.05, 0.1) is 11.5 Å². The SMILES string of the molecule is CCOc1cccc(CNC(=O)c2ccc(C)c(S(=O)(=O)Nc3ccccc3)c2)c1. The Morgan fingerprint density at radius 1 is 0.967 bits per heavy atom. The molecule has 2 N–H and O–H groups in total. The maximum absolute atomic E-state index is 12.8. The minimum absolute atomic E-state index is 0.0670. The Kier molecular flexibility index (Phi) is 6.74. The van der Waals surface area contributed by atoms with E-state index in [2.05, 4.69) is 10.0 Å². The molecule has 0 aromatic heterocycles. The lowest BCUT2D eigenvalue weighted by Crippen LogP contribution is -2.23. The molecule has 0 radical (unpaired) electrons. The van der Waals surface area contributed by atoms with Crippen LogP contribution >= 0.6 is 0 Å². The Morgan fingerprint density at radius 3 is 2.47 bits per heavy atom. The summed E-state index contributed by atoms with van der Waals surface area (Å²) in [6.07, 6.45) is 0. The molecule has 0 aliphatic heterocycles. The summed E-state index contributed by atoms with van der Waals surface area (Å²) < 4.78 is 33.6. The topological polar surface area (TPSA) is 84.5 Å². The van der Waals surface area contributed by atoms with Gasteiger partial charge in [-0.15, -0.1) is 0 Å². The quantitative estimate of drug-likeness (QED) is 0.570. The van der Waals surface area contributed by atoms with Crippen LogP contribution in [0.2, 0.25) is 0 Å². The van der Waals surface area contributed by atoms with Gasteiger partial charge in [0.1, 0.15) is 5.75 Å². The first kappa shape index (κ1) is 21.4. The van der Waals surface area contributed by atoms with Gasteiger partial charge in [-0.1, -0.05) is 36.4 Å². The summed E-state index contributed by atoms with van der Waals surface area (Å²) in [5.74, 6) is 0.382. The molecule has 1 amide bonds. The molecule has 0 bridgehead atoms. The molecule has 6 nitrogen and oxygen atoms in total. The van der Waals surface area contributed by atoms with Crippen LogP contribution in [0.5, 0.6) is 5.75 Å². The second-order valence-corrected chi connectivity index (χ2v) is 8.37. The highest BCUT2D eigenvalue weighted by molar-refractivity contribution is 7.92. The third-order valence-corrected chi connectivity index (χ3v) is 5.95. The number of benzene rings is 3. The predicted octanol–water partition coefficient (Wildman–Crippen LogP) is 4.12. The molecule has 0 unspecified atom stereocenters. The molecule has 0 fully saturated rings. The van der Waals surface area contributed by atoms with Crippen LogP contribution in [0.25, 0.3) is 0 Å². The van der Waals surface area contributed by atoms with Gasteiger partial charge in [-0.05, 0) is 61.4 Å². The molecule has 30 heavy (non-hydrogen) atoms. The maximum atomic E-state index is 12.8. The van der Waals surface area contributed by atoms with Crippen molar-refractivity contribution in [3.05, 3.63) is 89.5 Å². The second kappa shape index (κ2) is 9.45. The first-order chi connectivity index (χ1) is 14.4. The van der Waals surface area contributed by atoms with Gasteiger partial charge >= 0.3 is 0 Å². The van der Waals surface area contributed by atoms with Crippen molar-refractivity contribution in [1.29, 1.82) is 0 Å². The third kappa shape index (κ3) is 5.39. The summed E-state index contributed by atoms with van der Waals surface area (Å²) in [7, 11) is -3.83. The van der Waals surface area contributed by atoms with E-state index in [4.69, 9.17) is 4.74 Å². The van der Waals surface area contributed by atoms with Crippen LogP contribution in [0.15, 0.2) is 77.7 Å². The number of nitrogens with one attached hydrogen (secondary N) is 2. The number of para-hydroxylation sites is 1. The number of sulfonamides is 1. The number of hydrogen-bond donors (Lipinski definition) is 2. The Balaban J connectivity index is 1.75. The van der Waals surface area contributed by atoms with Crippen LogP contribution < -0.4 is 14.8 Å². The van der Waals surface area contributed by atoms with E-state index in [0.717, 1.165) is 11.3 Å². The lowest BCUT2D eigenvalue weighted by molar-refractivity contribution is 0.0950. The number of carbonyl (C=O) groups excluding carboxylic acids is 1. The summed E-state index contributed by atoms with van der Waals surface area (Å²) in [4.78, 5) is 12.7. The summed E-state index contributed by atoms with van der Waals surface area (Å²) in [6, 6.07) is 20.7. The van der Waals surface area contributed by atoms with Gasteiger partial charge in [0.25, 0.3) is 15.9 Å². The zero-order valence-electron chi connectivity index (χ0n) is 16.9. The molecular weight excluding hydrogens is 400 g/mol. The first-order valence-corrected chi connectivity index (χ1v) is 11.1. The number of rotatable bonds is 8. The highest BCUT2D eigenvalue weighted by atomic mass is 32.2. The van der Waals surface area contributed by atoms with Gasteiger partial charge in [-0.3, -0.25) is 9.52 Å². The fourth-order valence-corrected chi connectivity index (χ4v) is 4.27. The first-order valence-electron chi connectivity index (χ1n) is 9.57. The molecule has 0 aliphatic rings. The molecule has 0 spiro atoms. The van der Waals surface area contributed by atoms with Crippen molar-refractivity contribution in [1.82, 2.24) is 5.32 Å². The molecule has 7 heteroatoms. The van der Waals surface area contributed by atoms with Crippen LogP contribution in [-0.4, -0.2) is 20.9 Å². The normalized spacial score (nSPS) is 11.0. The molecule has 0 aliphatic carbocycles. The van der Waals surface area contributed by atoms with Gasteiger partial charge in [0.2, 0.25) is 0 Å². The number of aryl methyl sites for hydroxylation is 1. The fraction of sp³-hybridized carbons (Fsp3) is 0.174. The van der Waals surface area contributed by atoms with Gasteiger partial charge < -0.3 is 10.1 Å². The van der Waals surface area contributed by atoms with Crippen LogP contribution in [0, 0.1) is 6.92 Å². The van der Waals surface area contributed by atoms with E-state index in [9.17, 15) is 13.2 Å². The van der Waals surface area contributed by atoms with Gasteiger partial charge in [-0.25, -0.2) is 8.42 Å². The number of carbonyl (C=O) groups is 1. The largest absolute Gasteiger partial charge is 0.494 e. The Hall–Kier alpha value is -3.32. The van der Waals surface area contributed by atoms with Crippen molar-refractivity contribution in [2.45, 2.75) is 25.3 Å². The summed E-state index contributed by atoms with van der Waals surface area (Å²) in [5.41, 5.74) is 2.18. The second-order valence-electron chi connectivity index (χ2n) is 6.71. The average molecular weight is 425 g/mol. The van der Waals surface area contributed by atoms with E-state index < -0.39 is 10.0 Å². The van der Waals surface area contributed by atoms with Crippen molar-refractivity contribution < 1.29 is 17.9 Å². The maximum Gasteiger partial charge on any atom is 0.262 e. The molecule has 156 valence electrons. The van der Waals surface area contributed by atoms with Crippen molar-refractivity contribution in [2.24, 2.45) is 0 Å². The monoisotopic (exact) mass is 424 g/mol. The molecule has 0 saturated carbocycles. The zero-order valence-corrected chi connectivity index (χ0v) is 17.7. The van der Waals surface area contributed by atoms with Crippen LogP contribution in [0.4, 0.5) is 5.69 Å². The van der Waals surface area contributed by atoms with Gasteiger partial charge in [-0.2, -0.15) is 0 Å². The van der Waals surface area contributed by atoms with Crippen molar-refractivity contribution in [2.75, 3.05) is 11.3 Å². The van der Waals surface area contributed by atoms with Gasteiger partial charge in [0.15, 0.2) is 0 Å². The van der Waals surface area contributed by atoms with E-state index in [1.165, 1.54) is 6.07 Å². The fourth-order valence-electron chi connectivity index (χ4n) is 2.94. The summed E-state index contributed by atoms with van der Waals surface area (Å²) in [5, 5.41) is 2.82. The molecule has 0 atom stereocenters. The molecule has 3 aromatic rings. The highest BCUT2D eigenvalue weighted by Crippen LogP contribution is 2.21. The molecule has 3 rings (SSSR count). The summed E-state index contributed by atoms with van der Waals surface area (Å²) >= 11 is 0. The van der Waals surface area contributed by atoms with E-state index in [-0.39, 0.29) is 16.4 Å². The lowest BCUT2D eigenvalue weighted by atomic mass is 10.1. The minimum atomic E-state index is -3.83.